The van der Waals surface area contributed by atoms with E-state index in [2.05, 4.69) is 48.5 Å². The molecule has 0 heterocycles. The summed E-state index contributed by atoms with van der Waals surface area (Å²) in [5.74, 6) is 0.0793. The fourth-order valence-corrected chi connectivity index (χ4v) is 11.2. The van der Waals surface area contributed by atoms with Crippen LogP contribution in [0, 0.1) is 17.8 Å². The molecular formula is C65H126O17P2. The largest absolute Gasteiger partial charge is 0.472 e. The summed E-state index contributed by atoms with van der Waals surface area (Å²) in [4.78, 5) is 72.0. The van der Waals surface area contributed by atoms with Gasteiger partial charge >= 0.3 is 39.5 Å². The van der Waals surface area contributed by atoms with Crippen molar-refractivity contribution in [2.45, 2.75) is 336 Å². The second kappa shape index (κ2) is 56.3. The number of hydrogen-bond acceptors (Lipinski definition) is 15. The van der Waals surface area contributed by atoms with E-state index in [1.165, 1.54) is 122 Å². The van der Waals surface area contributed by atoms with Gasteiger partial charge in [-0.15, -0.1) is 0 Å². The average Bonchev–Trinajstić information content (AvgIpc) is 3.50. The number of esters is 4. The molecule has 498 valence electrons. The van der Waals surface area contributed by atoms with E-state index in [4.69, 9.17) is 37.0 Å². The van der Waals surface area contributed by atoms with Gasteiger partial charge in [0.05, 0.1) is 26.4 Å². The van der Waals surface area contributed by atoms with Crippen molar-refractivity contribution >= 4 is 39.5 Å². The van der Waals surface area contributed by atoms with Gasteiger partial charge in [0.1, 0.15) is 19.3 Å². The molecule has 0 amide bonds. The van der Waals surface area contributed by atoms with Gasteiger partial charge in [0.2, 0.25) is 0 Å². The summed E-state index contributed by atoms with van der Waals surface area (Å²) in [7, 11) is -9.88. The van der Waals surface area contributed by atoms with Crippen molar-refractivity contribution in [3.63, 3.8) is 0 Å². The van der Waals surface area contributed by atoms with E-state index in [0.29, 0.717) is 31.6 Å². The fourth-order valence-electron chi connectivity index (χ4n) is 9.66. The molecule has 0 aromatic rings. The van der Waals surface area contributed by atoms with Gasteiger partial charge in [0, 0.05) is 25.7 Å². The average molecular weight is 1240 g/mol. The van der Waals surface area contributed by atoms with E-state index in [9.17, 15) is 43.2 Å². The Morgan fingerprint density at radius 2 is 0.548 bits per heavy atom. The highest BCUT2D eigenvalue weighted by atomic mass is 31.2. The number of ether oxygens (including phenoxy) is 4. The van der Waals surface area contributed by atoms with Crippen LogP contribution in [-0.4, -0.2) is 96.7 Å². The monoisotopic (exact) mass is 1240 g/mol. The predicted octanol–water partition coefficient (Wildman–Crippen LogP) is 17.9. The molecule has 0 saturated heterocycles. The maximum atomic E-state index is 13.0. The summed E-state index contributed by atoms with van der Waals surface area (Å²) in [6.45, 7) is 11.6. The summed E-state index contributed by atoms with van der Waals surface area (Å²) >= 11 is 0. The first kappa shape index (κ1) is 82.1. The van der Waals surface area contributed by atoms with E-state index in [-0.39, 0.29) is 25.7 Å². The molecule has 2 unspecified atom stereocenters. The SMILES string of the molecule is CCCCCCCC(=O)OC[C@H](COP(=O)(O)OC[C@H](O)COP(=O)(O)OC[C@@H](COC(=O)CCCCCCCCCCCCCC(C)C)OC(=O)CCCCCCCCCCCCCCCC(C)C)OC(=O)CCCCCCCCC(C)C. The molecule has 84 heavy (non-hydrogen) atoms. The minimum absolute atomic E-state index is 0.101. The topological polar surface area (TPSA) is 237 Å². The zero-order valence-corrected chi connectivity index (χ0v) is 56.1. The molecular weight excluding hydrogens is 1110 g/mol. The molecule has 0 aliphatic carbocycles. The third-order valence-electron chi connectivity index (χ3n) is 14.9. The predicted molar refractivity (Wildman–Crippen MR) is 335 cm³/mol. The van der Waals surface area contributed by atoms with Crippen molar-refractivity contribution in [2.75, 3.05) is 39.6 Å². The molecule has 0 fully saturated rings. The van der Waals surface area contributed by atoms with Gasteiger partial charge in [0.15, 0.2) is 12.2 Å². The summed E-state index contributed by atoms with van der Waals surface area (Å²) < 4.78 is 67.8. The van der Waals surface area contributed by atoms with Crippen LogP contribution in [0.2, 0.25) is 0 Å². The third-order valence-corrected chi connectivity index (χ3v) is 16.8. The highest BCUT2D eigenvalue weighted by molar-refractivity contribution is 7.47. The number of phosphoric acid groups is 2. The second-order valence-electron chi connectivity index (χ2n) is 24.9. The van der Waals surface area contributed by atoms with E-state index >= 15 is 0 Å². The Morgan fingerprint density at radius 3 is 0.810 bits per heavy atom. The van der Waals surface area contributed by atoms with E-state index in [1.54, 1.807) is 0 Å². The van der Waals surface area contributed by atoms with Crippen molar-refractivity contribution < 1.29 is 80.2 Å². The summed E-state index contributed by atoms with van der Waals surface area (Å²) in [5.41, 5.74) is 0. The van der Waals surface area contributed by atoms with Gasteiger partial charge in [-0.1, -0.05) is 267 Å². The van der Waals surface area contributed by atoms with Crippen molar-refractivity contribution in [2.24, 2.45) is 17.8 Å². The third kappa shape index (κ3) is 59.0. The Balaban J connectivity index is 5.17. The van der Waals surface area contributed by atoms with Gasteiger partial charge in [-0.3, -0.25) is 37.3 Å². The molecule has 0 spiro atoms. The van der Waals surface area contributed by atoms with Crippen LogP contribution in [0.4, 0.5) is 0 Å². The highest BCUT2D eigenvalue weighted by Crippen LogP contribution is 2.45. The molecule has 0 radical (unpaired) electrons. The lowest BCUT2D eigenvalue weighted by molar-refractivity contribution is -0.161. The Morgan fingerprint density at radius 1 is 0.321 bits per heavy atom. The van der Waals surface area contributed by atoms with Crippen LogP contribution >= 0.6 is 15.6 Å². The van der Waals surface area contributed by atoms with Crippen LogP contribution in [0.25, 0.3) is 0 Å². The van der Waals surface area contributed by atoms with Crippen LogP contribution in [0.1, 0.15) is 318 Å². The minimum Gasteiger partial charge on any atom is -0.462 e. The number of rotatable bonds is 63. The molecule has 0 aromatic carbocycles. The molecule has 0 bridgehead atoms. The Hall–Kier alpha value is -1.94. The van der Waals surface area contributed by atoms with E-state index in [1.807, 2.05) is 0 Å². The van der Waals surface area contributed by atoms with Crippen LogP contribution < -0.4 is 0 Å². The molecule has 0 rings (SSSR count). The number of carbonyl (C=O) groups excluding carboxylic acids is 4. The number of hydrogen-bond donors (Lipinski definition) is 3. The van der Waals surface area contributed by atoms with Crippen LogP contribution in [0.15, 0.2) is 0 Å². The first-order valence-electron chi connectivity index (χ1n) is 33.8. The van der Waals surface area contributed by atoms with Gasteiger partial charge in [0.25, 0.3) is 0 Å². The maximum absolute atomic E-state index is 13.0. The number of aliphatic hydroxyl groups is 1. The lowest BCUT2D eigenvalue weighted by Crippen LogP contribution is -2.30. The fraction of sp³-hybridized carbons (Fsp3) is 0.938. The lowest BCUT2D eigenvalue weighted by atomic mass is 10.0. The summed E-state index contributed by atoms with van der Waals surface area (Å²) in [6.07, 6.45) is 38.1. The summed E-state index contributed by atoms with van der Waals surface area (Å²) in [6, 6.07) is 0. The molecule has 0 aromatic heterocycles. The van der Waals surface area contributed by atoms with E-state index < -0.39 is 97.5 Å². The zero-order valence-electron chi connectivity index (χ0n) is 54.4. The Labute approximate surface area is 511 Å². The van der Waals surface area contributed by atoms with Crippen molar-refractivity contribution in [3.05, 3.63) is 0 Å². The minimum atomic E-state index is -4.95. The number of carbonyl (C=O) groups is 4. The Kier molecular flexibility index (Phi) is 55.0. The molecule has 19 heteroatoms. The Bertz CT molecular complexity index is 1660. The van der Waals surface area contributed by atoms with Gasteiger partial charge < -0.3 is 33.8 Å². The van der Waals surface area contributed by atoms with Crippen LogP contribution in [0.3, 0.4) is 0 Å². The molecule has 0 aliphatic rings. The zero-order chi connectivity index (χ0) is 62.4. The molecule has 0 aliphatic heterocycles. The van der Waals surface area contributed by atoms with Gasteiger partial charge in [-0.05, 0) is 43.4 Å². The maximum Gasteiger partial charge on any atom is 0.472 e. The summed E-state index contributed by atoms with van der Waals surface area (Å²) in [5, 5.41) is 10.5. The molecule has 17 nitrogen and oxygen atoms in total. The quantitative estimate of drug-likeness (QED) is 0.0222. The standard InChI is InChI=1S/C65H126O17P2/c1-8-9-10-29-39-46-62(67)75-52-60(82-65(70)49-42-35-28-27-32-38-45-58(6)7)54-79-83(71,72)77-50-59(66)51-78-84(73,74)80-55-61(53-76-63(68)47-40-33-25-21-18-14-16-20-24-31-37-44-57(4)5)81-64(69)48-41-34-26-22-17-13-11-12-15-19-23-30-36-43-56(2)3/h56-61,66H,8-55H2,1-7H3,(H,71,72)(H,73,74)/t59-,60+,61+/m0/s1. The highest BCUT2D eigenvalue weighted by Gasteiger charge is 2.30. The van der Waals surface area contributed by atoms with E-state index in [0.717, 1.165) is 108 Å². The van der Waals surface area contributed by atoms with Crippen molar-refractivity contribution in [3.8, 4) is 0 Å². The lowest BCUT2D eigenvalue weighted by Gasteiger charge is -2.21. The first-order valence-corrected chi connectivity index (χ1v) is 36.8. The van der Waals surface area contributed by atoms with Crippen LogP contribution in [0.5, 0.6) is 0 Å². The molecule has 0 saturated carbocycles. The normalized spacial score (nSPS) is 14.3. The molecule has 3 N–H and O–H groups in total. The molecule has 5 atom stereocenters. The number of unbranched alkanes of at least 4 members (excludes halogenated alkanes) is 31. The first-order chi connectivity index (χ1) is 40.2. The van der Waals surface area contributed by atoms with Crippen LogP contribution in [-0.2, 0) is 65.4 Å². The number of phosphoric ester groups is 2. The van der Waals surface area contributed by atoms with Gasteiger partial charge in [-0.2, -0.15) is 0 Å². The second-order valence-corrected chi connectivity index (χ2v) is 27.8. The van der Waals surface area contributed by atoms with Crippen molar-refractivity contribution in [1.82, 2.24) is 0 Å². The smallest absolute Gasteiger partial charge is 0.462 e. The van der Waals surface area contributed by atoms with Gasteiger partial charge in [-0.25, -0.2) is 9.13 Å². The van der Waals surface area contributed by atoms with Crippen molar-refractivity contribution in [1.29, 1.82) is 0 Å². The number of aliphatic hydroxyl groups excluding tert-OH is 1.